The van der Waals surface area contributed by atoms with Crippen molar-refractivity contribution >= 4 is 5.69 Å². The number of hydrogen-bond acceptors (Lipinski definition) is 4. The van der Waals surface area contributed by atoms with E-state index >= 15 is 0 Å². The summed E-state index contributed by atoms with van der Waals surface area (Å²) < 4.78 is 0. The van der Waals surface area contributed by atoms with E-state index < -0.39 is 0 Å². The Balaban J connectivity index is 2.26. The Kier molecular flexibility index (Phi) is 4.08. The van der Waals surface area contributed by atoms with Crippen LogP contribution in [0.5, 0.6) is 0 Å². The molecule has 0 bridgehead atoms. The zero-order valence-corrected chi connectivity index (χ0v) is 11.8. The number of nitriles is 1. The molecule has 19 heavy (non-hydrogen) atoms. The van der Waals surface area contributed by atoms with Gasteiger partial charge in [-0.1, -0.05) is 13.0 Å². The highest BCUT2D eigenvalue weighted by Crippen LogP contribution is 2.29. The van der Waals surface area contributed by atoms with E-state index in [4.69, 9.17) is 5.11 Å². The molecule has 2 atom stereocenters. The zero-order chi connectivity index (χ0) is 14.0. The number of aliphatic hydroxyl groups excluding tert-OH is 1. The normalized spacial score (nSPS) is 22.8. The fourth-order valence-electron chi connectivity index (χ4n) is 2.87. The van der Waals surface area contributed by atoms with Gasteiger partial charge in [-0.05, 0) is 37.7 Å². The van der Waals surface area contributed by atoms with Crippen LogP contribution in [0.1, 0.15) is 18.1 Å². The number of benzene rings is 1. The lowest BCUT2D eigenvalue weighted by atomic mass is 10.1. The lowest BCUT2D eigenvalue weighted by molar-refractivity contribution is 0.266. The van der Waals surface area contributed by atoms with Crippen molar-refractivity contribution in [3.05, 3.63) is 29.3 Å². The summed E-state index contributed by atoms with van der Waals surface area (Å²) in [4.78, 5) is 4.52. The minimum absolute atomic E-state index is 0.0221. The van der Waals surface area contributed by atoms with Crippen molar-refractivity contribution < 1.29 is 5.11 Å². The Labute approximate surface area is 114 Å². The summed E-state index contributed by atoms with van der Waals surface area (Å²) >= 11 is 0. The van der Waals surface area contributed by atoms with Crippen LogP contribution in [0.25, 0.3) is 0 Å². The molecule has 1 aliphatic rings. The fraction of sp³-hybridized carbons (Fsp3) is 0.533. The second-order valence-electron chi connectivity index (χ2n) is 5.53. The van der Waals surface area contributed by atoms with Gasteiger partial charge in [0, 0.05) is 19.1 Å². The third kappa shape index (κ3) is 2.73. The molecule has 1 aromatic carbocycles. The van der Waals surface area contributed by atoms with Crippen LogP contribution in [0.4, 0.5) is 5.69 Å². The van der Waals surface area contributed by atoms with Gasteiger partial charge in [0.1, 0.15) is 6.07 Å². The molecule has 1 aliphatic heterocycles. The molecule has 0 amide bonds. The largest absolute Gasteiger partial charge is 0.392 e. The highest BCUT2D eigenvalue weighted by molar-refractivity contribution is 5.61. The van der Waals surface area contributed by atoms with Gasteiger partial charge in [-0.25, -0.2) is 0 Å². The van der Waals surface area contributed by atoms with E-state index in [1.54, 1.807) is 6.07 Å². The second kappa shape index (κ2) is 5.60. The van der Waals surface area contributed by atoms with Crippen molar-refractivity contribution in [1.82, 2.24) is 4.90 Å². The van der Waals surface area contributed by atoms with Gasteiger partial charge >= 0.3 is 0 Å². The number of hydrogen-bond donors (Lipinski definition) is 1. The molecular formula is C15H21N3O. The van der Waals surface area contributed by atoms with Gasteiger partial charge in [0.25, 0.3) is 0 Å². The first-order chi connectivity index (χ1) is 9.06. The van der Waals surface area contributed by atoms with Crippen molar-refractivity contribution in [1.29, 1.82) is 5.26 Å². The van der Waals surface area contributed by atoms with Crippen molar-refractivity contribution in [3.8, 4) is 6.07 Å². The number of anilines is 1. The average molecular weight is 259 g/mol. The van der Waals surface area contributed by atoms with Crippen LogP contribution in [0.2, 0.25) is 0 Å². The molecule has 0 spiro atoms. The monoisotopic (exact) mass is 259 g/mol. The number of aliphatic hydroxyl groups is 1. The second-order valence-corrected chi connectivity index (χ2v) is 5.53. The predicted molar refractivity (Wildman–Crippen MR) is 75.9 cm³/mol. The van der Waals surface area contributed by atoms with E-state index in [1.165, 1.54) is 0 Å². The van der Waals surface area contributed by atoms with E-state index in [1.807, 2.05) is 12.1 Å². The molecule has 1 saturated heterocycles. The van der Waals surface area contributed by atoms with Gasteiger partial charge < -0.3 is 14.9 Å². The minimum atomic E-state index is -0.0221. The molecule has 2 unspecified atom stereocenters. The molecular weight excluding hydrogens is 238 g/mol. The third-order valence-electron chi connectivity index (χ3n) is 3.94. The van der Waals surface area contributed by atoms with Crippen molar-refractivity contribution in [3.63, 3.8) is 0 Å². The number of nitrogens with zero attached hydrogens (tertiary/aromatic N) is 3. The van der Waals surface area contributed by atoms with Crippen LogP contribution < -0.4 is 4.90 Å². The predicted octanol–water partition coefficient (Wildman–Crippen LogP) is 1.44. The maximum absolute atomic E-state index is 9.27. The van der Waals surface area contributed by atoms with Gasteiger partial charge in [-0.2, -0.15) is 5.26 Å². The standard InChI is InChI=1S/C15H21N3O/c1-11-8-18(9-15(11)17(2)3)14-5-4-12(10-19)6-13(14)7-16/h4-6,11,15,19H,8-10H2,1-3H3. The summed E-state index contributed by atoms with van der Waals surface area (Å²) in [6.07, 6.45) is 0. The number of likely N-dealkylation sites (N-methyl/N-ethyl adjacent to an activating group) is 1. The molecule has 102 valence electrons. The summed E-state index contributed by atoms with van der Waals surface area (Å²) in [6.45, 7) is 4.14. The molecule has 0 aliphatic carbocycles. The van der Waals surface area contributed by atoms with Crippen LogP contribution in [-0.2, 0) is 6.61 Å². The van der Waals surface area contributed by atoms with Crippen LogP contribution in [-0.4, -0.2) is 43.2 Å². The van der Waals surface area contributed by atoms with Gasteiger partial charge in [0.15, 0.2) is 0 Å². The Hall–Kier alpha value is -1.57. The molecule has 2 rings (SSSR count). The molecule has 1 aromatic rings. The van der Waals surface area contributed by atoms with Crippen molar-refractivity contribution in [2.24, 2.45) is 5.92 Å². The van der Waals surface area contributed by atoms with Crippen LogP contribution in [0.3, 0.4) is 0 Å². The summed E-state index contributed by atoms with van der Waals surface area (Å²) in [5.41, 5.74) is 2.42. The van der Waals surface area contributed by atoms with Gasteiger partial charge in [-0.3, -0.25) is 0 Å². The zero-order valence-electron chi connectivity index (χ0n) is 11.8. The first-order valence-corrected chi connectivity index (χ1v) is 6.62. The first kappa shape index (κ1) is 13.9. The van der Waals surface area contributed by atoms with Crippen LogP contribution >= 0.6 is 0 Å². The fourth-order valence-corrected chi connectivity index (χ4v) is 2.87. The van der Waals surface area contributed by atoms with E-state index in [9.17, 15) is 5.26 Å². The minimum Gasteiger partial charge on any atom is -0.392 e. The average Bonchev–Trinajstić information content (AvgIpc) is 2.80. The Bertz CT molecular complexity index is 493. The van der Waals surface area contributed by atoms with Crippen LogP contribution in [0, 0.1) is 17.2 Å². The SMILES string of the molecule is CC1CN(c2ccc(CO)cc2C#N)CC1N(C)C. The van der Waals surface area contributed by atoms with Crippen LogP contribution in [0.15, 0.2) is 18.2 Å². The van der Waals surface area contributed by atoms with Crippen molar-refractivity contribution in [2.45, 2.75) is 19.6 Å². The number of rotatable bonds is 3. The van der Waals surface area contributed by atoms with E-state index in [-0.39, 0.29) is 6.61 Å². The van der Waals surface area contributed by atoms with Crippen molar-refractivity contribution in [2.75, 3.05) is 32.1 Å². The molecule has 0 radical (unpaired) electrons. The smallest absolute Gasteiger partial charge is 0.101 e. The van der Waals surface area contributed by atoms with E-state index in [0.717, 1.165) is 24.3 Å². The van der Waals surface area contributed by atoms with Gasteiger partial charge in [0.05, 0.1) is 17.9 Å². The summed E-state index contributed by atoms with van der Waals surface area (Å²) in [6, 6.07) is 8.38. The summed E-state index contributed by atoms with van der Waals surface area (Å²) in [5.74, 6) is 0.582. The van der Waals surface area contributed by atoms with Gasteiger partial charge in [0.2, 0.25) is 0 Å². The van der Waals surface area contributed by atoms with Gasteiger partial charge in [-0.15, -0.1) is 0 Å². The summed E-state index contributed by atoms with van der Waals surface area (Å²) in [7, 11) is 4.20. The highest BCUT2D eigenvalue weighted by atomic mass is 16.3. The lowest BCUT2D eigenvalue weighted by Crippen LogP contribution is -2.34. The molecule has 0 saturated carbocycles. The lowest BCUT2D eigenvalue weighted by Gasteiger charge is -2.23. The Morgan fingerprint density at radius 1 is 1.42 bits per heavy atom. The summed E-state index contributed by atoms with van der Waals surface area (Å²) in [5, 5.41) is 18.4. The maximum Gasteiger partial charge on any atom is 0.101 e. The highest BCUT2D eigenvalue weighted by Gasteiger charge is 2.31. The maximum atomic E-state index is 9.27. The molecule has 1 fully saturated rings. The topological polar surface area (TPSA) is 50.5 Å². The molecule has 1 heterocycles. The Morgan fingerprint density at radius 3 is 2.68 bits per heavy atom. The molecule has 4 nitrogen and oxygen atoms in total. The third-order valence-corrected chi connectivity index (χ3v) is 3.94. The van der Waals surface area contributed by atoms with E-state index in [2.05, 4.69) is 36.9 Å². The van der Waals surface area contributed by atoms with E-state index in [0.29, 0.717) is 17.5 Å². The molecule has 4 heteroatoms. The first-order valence-electron chi connectivity index (χ1n) is 6.62. The molecule has 0 aromatic heterocycles. The quantitative estimate of drug-likeness (QED) is 0.892. The molecule has 1 N–H and O–H groups in total. The Morgan fingerprint density at radius 2 is 2.16 bits per heavy atom.